The second-order valence-electron chi connectivity index (χ2n) is 5.49. The zero-order valence-electron chi connectivity index (χ0n) is 12.3. The molecule has 0 radical (unpaired) electrons. The smallest absolute Gasteiger partial charge is 0.0619 e. The fraction of sp³-hybridized carbons (Fsp3) is 0.529. The summed E-state index contributed by atoms with van der Waals surface area (Å²) in [5.41, 5.74) is 1.45. The minimum Gasteiger partial charge on any atom is -0.378 e. The van der Waals surface area contributed by atoms with Crippen molar-refractivity contribution in [3.05, 3.63) is 35.2 Å². The molecule has 1 aromatic heterocycles. The van der Waals surface area contributed by atoms with Gasteiger partial charge in [-0.05, 0) is 41.8 Å². The lowest BCUT2D eigenvalue weighted by molar-refractivity contribution is 0.0777. The number of fused-ring (bicyclic) bond motifs is 1. The predicted octanol–water partition coefficient (Wildman–Crippen LogP) is 4.37. The zero-order valence-corrected chi connectivity index (χ0v) is 13.1. The Morgan fingerprint density at radius 3 is 3.05 bits per heavy atom. The van der Waals surface area contributed by atoms with Crippen molar-refractivity contribution in [1.29, 1.82) is 0 Å². The fourth-order valence-electron chi connectivity index (χ4n) is 3.44. The minimum absolute atomic E-state index is 0.397. The highest BCUT2D eigenvalue weighted by Crippen LogP contribution is 2.38. The van der Waals surface area contributed by atoms with Crippen molar-refractivity contribution >= 4 is 21.4 Å². The fourth-order valence-corrected chi connectivity index (χ4v) is 4.39. The first kappa shape index (κ1) is 14.1. The molecule has 2 nitrogen and oxygen atoms in total. The molecule has 1 aromatic carbocycles. The molecule has 0 aliphatic carbocycles. The lowest BCUT2D eigenvalue weighted by atomic mass is 9.86. The molecular weight excluding hydrogens is 266 g/mol. The normalized spacial score (nSPS) is 24.3. The van der Waals surface area contributed by atoms with E-state index in [-0.39, 0.29) is 0 Å². The van der Waals surface area contributed by atoms with E-state index in [0.717, 1.165) is 26.0 Å². The average Bonchev–Trinajstić information content (AvgIpc) is 3.12. The van der Waals surface area contributed by atoms with E-state index in [0.29, 0.717) is 18.1 Å². The van der Waals surface area contributed by atoms with E-state index in [1.807, 2.05) is 11.3 Å². The van der Waals surface area contributed by atoms with Gasteiger partial charge in [0, 0.05) is 23.3 Å². The minimum atomic E-state index is 0.397. The molecule has 1 aliphatic heterocycles. The molecule has 2 aromatic rings. The molecule has 0 saturated carbocycles. The van der Waals surface area contributed by atoms with Gasteiger partial charge in [0.15, 0.2) is 0 Å². The number of benzene rings is 1. The standard InChI is InChI=1S/C17H23NOS/c1-3-15-13(8-10-19-15)16(18-4-2)14-7-5-6-12-9-11-20-17(12)14/h5-7,9,11,13,15-16,18H,3-4,8,10H2,1-2H3. The number of nitrogens with one attached hydrogen (secondary N) is 1. The highest BCUT2D eigenvalue weighted by Gasteiger charge is 2.34. The first-order valence-corrected chi connectivity index (χ1v) is 8.54. The molecule has 20 heavy (non-hydrogen) atoms. The van der Waals surface area contributed by atoms with Gasteiger partial charge in [0.05, 0.1) is 6.10 Å². The second-order valence-corrected chi connectivity index (χ2v) is 6.41. The Morgan fingerprint density at radius 1 is 1.35 bits per heavy atom. The molecule has 1 fully saturated rings. The van der Waals surface area contributed by atoms with Crippen LogP contribution in [0.5, 0.6) is 0 Å². The Kier molecular flexibility index (Phi) is 4.39. The van der Waals surface area contributed by atoms with Gasteiger partial charge in [-0.15, -0.1) is 11.3 Å². The van der Waals surface area contributed by atoms with Crippen LogP contribution in [0.1, 0.15) is 38.3 Å². The Morgan fingerprint density at radius 2 is 2.25 bits per heavy atom. The van der Waals surface area contributed by atoms with E-state index < -0.39 is 0 Å². The molecule has 0 amide bonds. The SMILES string of the molecule is CCNC(c1cccc2ccsc12)C1CCOC1CC. The lowest BCUT2D eigenvalue weighted by Gasteiger charge is -2.28. The molecular formula is C17H23NOS. The van der Waals surface area contributed by atoms with Gasteiger partial charge in [0.25, 0.3) is 0 Å². The quantitative estimate of drug-likeness (QED) is 0.882. The third-order valence-electron chi connectivity index (χ3n) is 4.36. The maximum Gasteiger partial charge on any atom is 0.0619 e. The van der Waals surface area contributed by atoms with Gasteiger partial charge in [0.2, 0.25) is 0 Å². The first-order chi connectivity index (χ1) is 9.85. The summed E-state index contributed by atoms with van der Waals surface area (Å²) in [7, 11) is 0. The van der Waals surface area contributed by atoms with Crippen LogP contribution in [0.15, 0.2) is 29.6 Å². The van der Waals surface area contributed by atoms with Gasteiger partial charge in [-0.3, -0.25) is 0 Å². The topological polar surface area (TPSA) is 21.3 Å². The van der Waals surface area contributed by atoms with Crippen LogP contribution in [-0.2, 0) is 4.74 Å². The number of hydrogen-bond acceptors (Lipinski definition) is 3. The summed E-state index contributed by atoms with van der Waals surface area (Å²) >= 11 is 1.85. The molecule has 3 heteroatoms. The maximum atomic E-state index is 5.92. The largest absolute Gasteiger partial charge is 0.378 e. The number of thiophene rings is 1. The van der Waals surface area contributed by atoms with Gasteiger partial charge >= 0.3 is 0 Å². The van der Waals surface area contributed by atoms with Crippen molar-refractivity contribution in [2.45, 2.75) is 38.8 Å². The van der Waals surface area contributed by atoms with E-state index in [1.54, 1.807) is 0 Å². The lowest BCUT2D eigenvalue weighted by Crippen LogP contribution is -2.32. The van der Waals surface area contributed by atoms with Crippen LogP contribution in [0.4, 0.5) is 0 Å². The summed E-state index contributed by atoms with van der Waals surface area (Å²) in [6.07, 6.45) is 2.67. The van der Waals surface area contributed by atoms with Crippen molar-refractivity contribution in [2.24, 2.45) is 5.92 Å². The monoisotopic (exact) mass is 289 g/mol. The molecule has 1 N–H and O–H groups in total. The van der Waals surface area contributed by atoms with Crippen LogP contribution < -0.4 is 5.32 Å². The van der Waals surface area contributed by atoms with Crippen LogP contribution in [0.3, 0.4) is 0 Å². The van der Waals surface area contributed by atoms with Gasteiger partial charge in [-0.2, -0.15) is 0 Å². The van der Waals surface area contributed by atoms with Crippen LogP contribution in [0.25, 0.3) is 10.1 Å². The third kappa shape index (κ3) is 2.50. The van der Waals surface area contributed by atoms with Crippen LogP contribution in [0.2, 0.25) is 0 Å². The summed E-state index contributed by atoms with van der Waals surface area (Å²) < 4.78 is 7.35. The molecule has 3 unspecified atom stereocenters. The van der Waals surface area contributed by atoms with Gasteiger partial charge < -0.3 is 10.1 Å². The van der Waals surface area contributed by atoms with Crippen molar-refractivity contribution in [3.8, 4) is 0 Å². The van der Waals surface area contributed by atoms with Crippen molar-refractivity contribution in [1.82, 2.24) is 5.32 Å². The van der Waals surface area contributed by atoms with E-state index in [2.05, 4.69) is 48.8 Å². The number of ether oxygens (including phenoxy) is 1. The Bertz CT molecular complexity index is 565. The predicted molar refractivity (Wildman–Crippen MR) is 86.4 cm³/mol. The summed E-state index contributed by atoms with van der Waals surface area (Å²) in [4.78, 5) is 0. The van der Waals surface area contributed by atoms with Crippen molar-refractivity contribution in [2.75, 3.05) is 13.2 Å². The van der Waals surface area contributed by atoms with E-state index in [4.69, 9.17) is 4.74 Å². The second kappa shape index (κ2) is 6.25. The molecule has 108 valence electrons. The summed E-state index contributed by atoms with van der Waals surface area (Å²) in [6.45, 7) is 6.33. The Labute approximate surface area is 125 Å². The molecule has 3 rings (SSSR count). The van der Waals surface area contributed by atoms with E-state index in [1.165, 1.54) is 15.6 Å². The van der Waals surface area contributed by atoms with Gasteiger partial charge in [-0.25, -0.2) is 0 Å². The van der Waals surface area contributed by atoms with Crippen molar-refractivity contribution in [3.63, 3.8) is 0 Å². The van der Waals surface area contributed by atoms with Crippen LogP contribution in [-0.4, -0.2) is 19.3 Å². The van der Waals surface area contributed by atoms with Crippen LogP contribution >= 0.6 is 11.3 Å². The third-order valence-corrected chi connectivity index (χ3v) is 5.34. The van der Waals surface area contributed by atoms with Gasteiger partial charge in [-0.1, -0.05) is 32.0 Å². The maximum absolute atomic E-state index is 5.92. The number of hydrogen-bond donors (Lipinski definition) is 1. The molecule has 1 saturated heterocycles. The van der Waals surface area contributed by atoms with Gasteiger partial charge in [0.1, 0.15) is 0 Å². The average molecular weight is 289 g/mol. The highest BCUT2D eigenvalue weighted by atomic mass is 32.1. The highest BCUT2D eigenvalue weighted by molar-refractivity contribution is 7.17. The molecule has 3 atom stereocenters. The van der Waals surface area contributed by atoms with E-state index in [9.17, 15) is 0 Å². The summed E-state index contributed by atoms with van der Waals surface area (Å²) in [5, 5.41) is 7.27. The first-order valence-electron chi connectivity index (χ1n) is 7.66. The molecule has 0 bridgehead atoms. The number of rotatable bonds is 5. The van der Waals surface area contributed by atoms with Crippen LogP contribution in [0, 0.1) is 5.92 Å². The molecule has 0 spiro atoms. The van der Waals surface area contributed by atoms with E-state index >= 15 is 0 Å². The zero-order chi connectivity index (χ0) is 13.9. The molecule has 2 heterocycles. The Balaban J connectivity index is 1.99. The van der Waals surface area contributed by atoms with Crippen molar-refractivity contribution < 1.29 is 4.74 Å². The summed E-state index contributed by atoms with van der Waals surface area (Å²) in [6, 6.07) is 9.31. The molecule has 1 aliphatic rings. The Hall–Kier alpha value is -0.900. The summed E-state index contributed by atoms with van der Waals surface area (Å²) in [5.74, 6) is 0.590.